The molecule has 1 unspecified atom stereocenters. The fourth-order valence-corrected chi connectivity index (χ4v) is 3.28. The number of rotatable bonds is 6. The van der Waals surface area contributed by atoms with Crippen LogP contribution in [0.1, 0.15) is 34.7 Å². The summed E-state index contributed by atoms with van der Waals surface area (Å²) in [5, 5.41) is 14.8. The lowest BCUT2D eigenvalue weighted by atomic mass is 10.1. The quantitative estimate of drug-likeness (QED) is 0.642. The van der Waals surface area contributed by atoms with Gasteiger partial charge in [-0.15, -0.1) is 5.10 Å². The van der Waals surface area contributed by atoms with E-state index in [1.54, 1.807) is 16.4 Å². The molecule has 0 saturated carbocycles. The van der Waals surface area contributed by atoms with Gasteiger partial charge >= 0.3 is 0 Å². The van der Waals surface area contributed by atoms with Gasteiger partial charge in [0.25, 0.3) is 5.91 Å². The molecule has 8 heteroatoms. The summed E-state index contributed by atoms with van der Waals surface area (Å²) in [5.74, 6) is 1.35. The van der Waals surface area contributed by atoms with Gasteiger partial charge in [-0.3, -0.25) is 4.79 Å². The SMILES string of the molecule is CSCc1ccc(C(=O)NC(C)c2nnnn2-c2ccc(Br)cc2)cc1. The van der Waals surface area contributed by atoms with Crippen LogP contribution in [0, 0.1) is 0 Å². The van der Waals surface area contributed by atoms with E-state index < -0.39 is 0 Å². The van der Waals surface area contributed by atoms with E-state index in [9.17, 15) is 4.79 Å². The molecule has 1 N–H and O–H groups in total. The van der Waals surface area contributed by atoms with Crippen molar-refractivity contribution in [3.63, 3.8) is 0 Å². The molecule has 0 radical (unpaired) electrons. The smallest absolute Gasteiger partial charge is 0.251 e. The Labute approximate surface area is 164 Å². The molecule has 0 fully saturated rings. The molecule has 26 heavy (non-hydrogen) atoms. The predicted octanol–water partition coefficient (Wildman–Crippen LogP) is 3.78. The van der Waals surface area contributed by atoms with Crippen LogP contribution in [0.4, 0.5) is 0 Å². The summed E-state index contributed by atoms with van der Waals surface area (Å²) >= 11 is 5.16. The van der Waals surface area contributed by atoms with E-state index in [-0.39, 0.29) is 11.9 Å². The normalized spacial score (nSPS) is 12.0. The minimum Gasteiger partial charge on any atom is -0.342 e. The van der Waals surface area contributed by atoms with E-state index >= 15 is 0 Å². The average molecular weight is 432 g/mol. The van der Waals surface area contributed by atoms with Crippen LogP contribution in [0.3, 0.4) is 0 Å². The minimum absolute atomic E-state index is 0.154. The lowest BCUT2D eigenvalue weighted by Crippen LogP contribution is -2.28. The number of nitrogens with zero attached hydrogens (tertiary/aromatic N) is 4. The Kier molecular flexibility index (Phi) is 6.05. The van der Waals surface area contributed by atoms with Crippen LogP contribution in [-0.2, 0) is 5.75 Å². The van der Waals surface area contributed by atoms with Gasteiger partial charge in [-0.2, -0.15) is 16.4 Å². The van der Waals surface area contributed by atoms with Gasteiger partial charge < -0.3 is 5.32 Å². The summed E-state index contributed by atoms with van der Waals surface area (Å²) in [6.45, 7) is 1.86. The topological polar surface area (TPSA) is 72.7 Å². The highest BCUT2D eigenvalue weighted by atomic mass is 79.9. The van der Waals surface area contributed by atoms with Gasteiger partial charge in [-0.1, -0.05) is 28.1 Å². The first-order valence-electron chi connectivity index (χ1n) is 8.01. The predicted molar refractivity (Wildman–Crippen MR) is 106 cm³/mol. The Morgan fingerprint density at radius 3 is 2.54 bits per heavy atom. The van der Waals surface area contributed by atoms with Crippen LogP contribution < -0.4 is 5.32 Å². The highest BCUT2D eigenvalue weighted by Crippen LogP contribution is 2.18. The molecule has 0 aliphatic rings. The van der Waals surface area contributed by atoms with Crippen LogP contribution >= 0.6 is 27.7 Å². The number of hydrogen-bond donors (Lipinski definition) is 1. The van der Waals surface area contributed by atoms with Crippen molar-refractivity contribution < 1.29 is 4.79 Å². The highest BCUT2D eigenvalue weighted by Gasteiger charge is 2.18. The van der Waals surface area contributed by atoms with Gasteiger partial charge in [0.15, 0.2) is 5.82 Å². The van der Waals surface area contributed by atoms with Crippen LogP contribution in [0.25, 0.3) is 5.69 Å². The molecule has 3 rings (SSSR count). The first-order valence-corrected chi connectivity index (χ1v) is 10.2. The lowest BCUT2D eigenvalue weighted by molar-refractivity contribution is 0.0938. The van der Waals surface area contributed by atoms with E-state index in [1.165, 1.54) is 5.56 Å². The maximum Gasteiger partial charge on any atom is 0.251 e. The molecule has 6 nitrogen and oxygen atoms in total. The lowest BCUT2D eigenvalue weighted by Gasteiger charge is -2.14. The van der Waals surface area contributed by atoms with Gasteiger partial charge in [0.05, 0.1) is 11.7 Å². The van der Waals surface area contributed by atoms with E-state index in [2.05, 4.69) is 43.0 Å². The summed E-state index contributed by atoms with van der Waals surface area (Å²) < 4.78 is 2.60. The Bertz CT molecular complexity index is 879. The molecule has 1 atom stereocenters. The summed E-state index contributed by atoms with van der Waals surface area (Å²) in [6.07, 6.45) is 2.05. The second kappa shape index (κ2) is 8.46. The maximum atomic E-state index is 12.5. The van der Waals surface area contributed by atoms with Crippen LogP contribution in [-0.4, -0.2) is 32.4 Å². The molecule has 3 aromatic rings. The van der Waals surface area contributed by atoms with Gasteiger partial charge in [0.2, 0.25) is 0 Å². The van der Waals surface area contributed by atoms with E-state index in [4.69, 9.17) is 0 Å². The molecule has 0 aliphatic heterocycles. The van der Waals surface area contributed by atoms with Crippen molar-refractivity contribution in [2.24, 2.45) is 0 Å². The van der Waals surface area contributed by atoms with Crippen LogP contribution in [0.2, 0.25) is 0 Å². The molecule has 1 amide bonds. The number of halogens is 1. The fourth-order valence-electron chi connectivity index (χ4n) is 2.49. The molecule has 0 bridgehead atoms. The van der Waals surface area contributed by atoms with Crippen molar-refractivity contribution in [1.82, 2.24) is 25.5 Å². The Hall–Kier alpha value is -2.19. The van der Waals surface area contributed by atoms with E-state index in [0.29, 0.717) is 11.4 Å². The Morgan fingerprint density at radius 1 is 1.19 bits per heavy atom. The number of benzene rings is 2. The number of carbonyl (C=O) groups excluding carboxylic acids is 1. The van der Waals surface area contributed by atoms with Crippen LogP contribution in [0.15, 0.2) is 53.0 Å². The monoisotopic (exact) mass is 431 g/mol. The molecule has 134 valence electrons. The fraction of sp³-hybridized carbons (Fsp3) is 0.222. The van der Waals surface area contributed by atoms with Crippen molar-refractivity contribution >= 4 is 33.6 Å². The zero-order valence-electron chi connectivity index (χ0n) is 14.4. The average Bonchev–Trinajstić information content (AvgIpc) is 3.13. The number of carbonyl (C=O) groups is 1. The minimum atomic E-state index is -0.341. The first-order chi connectivity index (χ1) is 12.6. The molecule has 0 aliphatic carbocycles. The Morgan fingerprint density at radius 2 is 1.88 bits per heavy atom. The number of tetrazole rings is 1. The Balaban J connectivity index is 1.74. The van der Waals surface area contributed by atoms with Gasteiger partial charge in [-0.25, -0.2) is 0 Å². The second-order valence-corrected chi connectivity index (χ2v) is 7.53. The summed E-state index contributed by atoms with van der Waals surface area (Å²) in [4.78, 5) is 12.5. The second-order valence-electron chi connectivity index (χ2n) is 5.75. The highest BCUT2D eigenvalue weighted by molar-refractivity contribution is 9.10. The standard InChI is InChI=1S/C18H18BrN5OS/c1-12(20-18(25)14-5-3-13(4-6-14)11-26-2)17-21-22-23-24(17)16-9-7-15(19)8-10-16/h3-10,12H,11H2,1-2H3,(H,20,25). The maximum absolute atomic E-state index is 12.5. The van der Waals surface area contributed by atoms with Crippen molar-refractivity contribution in [3.05, 3.63) is 70.0 Å². The first kappa shape index (κ1) is 18.6. The van der Waals surface area contributed by atoms with Gasteiger partial charge in [0.1, 0.15) is 0 Å². The van der Waals surface area contributed by atoms with E-state index in [0.717, 1.165) is 15.9 Å². The van der Waals surface area contributed by atoms with Crippen molar-refractivity contribution in [2.75, 3.05) is 6.26 Å². The van der Waals surface area contributed by atoms with Crippen molar-refractivity contribution in [3.8, 4) is 5.69 Å². The molecule has 0 spiro atoms. The third-order valence-electron chi connectivity index (χ3n) is 3.83. The summed E-state index contributed by atoms with van der Waals surface area (Å²) in [7, 11) is 0. The van der Waals surface area contributed by atoms with Crippen molar-refractivity contribution in [2.45, 2.75) is 18.7 Å². The number of nitrogens with one attached hydrogen (secondary N) is 1. The number of aromatic nitrogens is 4. The molecular weight excluding hydrogens is 414 g/mol. The molecule has 1 aromatic heterocycles. The zero-order valence-corrected chi connectivity index (χ0v) is 16.8. The van der Waals surface area contributed by atoms with E-state index in [1.807, 2.05) is 55.5 Å². The molecular formula is C18H18BrN5OS. The van der Waals surface area contributed by atoms with Gasteiger partial charge in [0, 0.05) is 15.8 Å². The summed E-state index contributed by atoms with van der Waals surface area (Å²) in [6, 6.07) is 14.9. The number of thioether (sulfide) groups is 1. The molecule has 0 saturated heterocycles. The number of hydrogen-bond acceptors (Lipinski definition) is 5. The third kappa shape index (κ3) is 4.31. The van der Waals surface area contributed by atoms with Crippen LogP contribution in [0.5, 0.6) is 0 Å². The zero-order chi connectivity index (χ0) is 18.5. The van der Waals surface area contributed by atoms with Gasteiger partial charge in [-0.05, 0) is 65.6 Å². The number of amides is 1. The summed E-state index contributed by atoms with van der Waals surface area (Å²) in [5.41, 5.74) is 2.64. The molecule has 1 heterocycles. The molecule has 2 aromatic carbocycles. The third-order valence-corrected chi connectivity index (χ3v) is 4.98. The largest absolute Gasteiger partial charge is 0.342 e. The van der Waals surface area contributed by atoms with Crippen molar-refractivity contribution in [1.29, 1.82) is 0 Å².